The number of carbonyl (C=O) groups excluding carboxylic acids is 1. The summed E-state index contributed by atoms with van der Waals surface area (Å²) in [6.07, 6.45) is 0.851. The van der Waals surface area contributed by atoms with E-state index < -0.39 is 11.2 Å². The van der Waals surface area contributed by atoms with Gasteiger partial charge in [-0.25, -0.2) is 4.79 Å². The molecule has 0 atom stereocenters. The lowest BCUT2D eigenvalue weighted by molar-refractivity contribution is -0.124. The molecule has 0 bridgehead atoms. The van der Waals surface area contributed by atoms with E-state index in [1.807, 2.05) is 71.8 Å². The van der Waals surface area contributed by atoms with Crippen LogP contribution in [0.4, 0.5) is 5.69 Å². The fraction of sp³-hybridized carbons (Fsp3) is 0.565. The summed E-state index contributed by atoms with van der Waals surface area (Å²) in [4.78, 5) is 27.1. The van der Waals surface area contributed by atoms with Gasteiger partial charge >= 0.3 is 5.63 Å². The molecule has 0 fully saturated rings. The summed E-state index contributed by atoms with van der Waals surface area (Å²) in [7, 11) is 3.86. The monoisotopic (exact) mass is 402 g/mol. The van der Waals surface area contributed by atoms with Crippen molar-refractivity contribution in [1.29, 1.82) is 0 Å². The second-order valence-electron chi connectivity index (χ2n) is 9.08. The maximum Gasteiger partial charge on any atom is 0.340 e. The molecule has 0 saturated heterocycles. The third-order valence-corrected chi connectivity index (χ3v) is 5.28. The second-order valence-corrected chi connectivity index (χ2v) is 9.08. The van der Waals surface area contributed by atoms with Crippen molar-refractivity contribution in [3.05, 3.63) is 39.7 Å². The number of ether oxygens (including phenoxy) is 1. The van der Waals surface area contributed by atoms with Gasteiger partial charge in [-0.05, 0) is 58.7 Å². The van der Waals surface area contributed by atoms with Crippen molar-refractivity contribution in [2.45, 2.75) is 65.5 Å². The standard InChI is InChI=1S/C23H34N2O4/c1-9-23(5,6)28-14-22(3,4)24-20(26)13-18-15(2)17-11-10-16(25(7)8)12-19(17)29-21(18)27/h10-12H,9,13-14H2,1-8H3,(H,24,26). The van der Waals surface area contributed by atoms with Gasteiger partial charge in [-0.1, -0.05) is 6.92 Å². The molecule has 0 radical (unpaired) electrons. The topological polar surface area (TPSA) is 71.8 Å². The molecule has 1 heterocycles. The van der Waals surface area contributed by atoms with Crippen molar-refractivity contribution in [2.24, 2.45) is 0 Å². The summed E-state index contributed by atoms with van der Waals surface area (Å²) in [5.74, 6) is -0.229. The molecule has 0 aliphatic carbocycles. The van der Waals surface area contributed by atoms with Crippen LogP contribution in [0.3, 0.4) is 0 Å². The molecule has 1 aromatic heterocycles. The number of aryl methyl sites for hydroxylation is 1. The van der Waals surface area contributed by atoms with Crippen molar-refractivity contribution in [1.82, 2.24) is 5.32 Å². The van der Waals surface area contributed by atoms with Crippen LogP contribution in [0.25, 0.3) is 11.0 Å². The molecule has 2 rings (SSSR count). The Morgan fingerprint density at radius 1 is 1.21 bits per heavy atom. The smallest absolute Gasteiger partial charge is 0.340 e. The zero-order valence-corrected chi connectivity index (χ0v) is 18.9. The lowest BCUT2D eigenvalue weighted by Gasteiger charge is -2.32. The molecule has 2 aromatic rings. The Labute approximate surface area is 173 Å². The summed E-state index contributed by atoms with van der Waals surface area (Å²) in [6.45, 7) is 12.2. The van der Waals surface area contributed by atoms with E-state index in [0.717, 1.165) is 23.1 Å². The molecule has 29 heavy (non-hydrogen) atoms. The number of nitrogens with zero attached hydrogens (tertiary/aromatic N) is 1. The quantitative estimate of drug-likeness (QED) is 0.680. The predicted octanol–water partition coefficient (Wildman–Crippen LogP) is 3.81. The SMILES string of the molecule is CCC(C)(C)OCC(C)(C)NC(=O)Cc1c(C)c2ccc(N(C)C)cc2oc1=O. The Hall–Kier alpha value is -2.34. The Bertz CT molecular complexity index is 942. The van der Waals surface area contributed by atoms with Gasteiger partial charge in [0.05, 0.1) is 29.7 Å². The number of anilines is 1. The summed E-state index contributed by atoms with van der Waals surface area (Å²) >= 11 is 0. The zero-order valence-electron chi connectivity index (χ0n) is 18.9. The first-order valence-corrected chi connectivity index (χ1v) is 10.0. The highest BCUT2D eigenvalue weighted by Gasteiger charge is 2.26. The summed E-state index contributed by atoms with van der Waals surface area (Å²) < 4.78 is 11.4. The van der Waals surface area contributed by atoms with Crippen LogP contribution in [0.1, 0.15) is 52.2 Å². The minimum atomic E-state index is -0.547. The van der Waals surface area contributed by atoms with Crippen molar-refractivity contribution in [2.75, 3.05) is 25.6 Å². The Kier molecular flexibility index (Phi) is 6.78. The largest absolute Gasteiger partial charge is 0.422 e. The number of hydrogen-bond donors (Lipinski definition) is 1. The summed E-state index contributed by atoms with van der Waals surface area (Å²) in [5.41, 5.74) is 1.37. The molecule has 1 amide bonds. The van der Waals surface area contributed by atoms with Gasteiger partial charge in [-0.15, -0.1) is 0 Å². The van der Waals surface area contributed by atoms with Crippen LogP contribution in [-0.4, -0.2) is 37.7 Å². The van der Waals surface area contributed by atoms with Crippen LogP contribution in [0.2, 0.25) is 0 Å². The molecule has 0 saturated carbocycles. The number of nitrogens with one attached hydrogen (secondary N) is 1. The van der Waals surface area contributed by atoms with Crippen LogP contribution >= 0.6 is 0 Å². The van der Waals surface area contributed by atoms with Crippen LogP contribution in [0.5, 0.6) is 0 Å². The van der Waals surface area contributed by atoms with Gasteiger partial charge in [-0.3, -0.25) is 4.79 Å². The first kappa shape index (κ1) is 22.9. The third kappa shape index (κ3) is 5.82. The molecule has 6 heteroatoms. The highest BCUT2D eigenvalue weighted by atomic mass is 16.5. The van der Waals surface area contributed by atoms with E-state index in [4.69, 9.17) is 9.15 Å². The molecule has 0 aliphatic rings. The van der Waals surface area contributed by atoms with Gasteiger partial charge in [-0.2, -0.15) is 0 Å². The van der Waals surface area contributed by atoms with E-state index in [9.17, 15) is 9.59 Å². The van der Waals surface area contributed by atoms with Gasteiger partial charge in [0.15, 0.2) is 0 Å². The van der Waals surface area contributed by atoms with Gasteiger partial charge in [0.25, 0.3) is 0 Å². The van der Waals surface area contributed by atoms with E-state index in [1.54, 1.807) is 0 Å². The molecule has 6 nitrogen and oxygen atoms in total. The summed E-state index contributed by atoms with van der Waals surface area (Å²) in [5, 5.41) is 3.82. The normalized spacial score (nSPS) is 12.3. The van der Waals surface area contributed by atoms with Crippen LogP contribution < -0.4 is 15.8 Å². The highest BCUT2D eigenvalue weighted by molar-refractivity contribution is 5.86. The maximum atomic E-state index is 12.7. The van der Waals surface area contributed by atoms with E-state index in [0.29, 0.717) is 17.8 Å². The third-order valence-electron chi connectivity index (χ3n) is 5.28. The predicted molar refractivity (Wildman–Crippen MR) is 118 cm³/mol. The van der Waals surface area contributed by atoms with Gasteiger partial charge in [0.2, 0.25) is 5.91 Å². The van der Waals surface area contributed by atoms with Crippen LogP contribution in [0.15, 0.2) is 27.4 Å². The second kappa shape index (κ2) is 8.57. The van der Waals surface area contributed by atoms with Crippen molar-refractivity contribution in [3.8, 4) is 0 Å². The fourth-order valence-electron chi connectivity index (χ4n) is 2.96. The van der Waals surface area contributed by atoms with Gasteiger partial charge in [0.1, 0.15) is 5.58 Å². The van der Waals surface area contributed by atoms with E-state index >= 15 is 0 Å². The van der Waals surface area contributed by atoms with Crippen molar-refractivity contribution < 1.29 is 13.9 Å². The van der Waals surface area contributed by atoms with Crippen LogP contribution in [-0.2, 0) is 16.0 Å². The number of rotatable bonds is 8. The highest BCUT2D eigenvalue weighted by Crippen LogP contribution is 2.24. The average Bonchev–Trinajstić information content (AvgIpc) is 2.63. The van der Waals surface area contributed by atoms with Crippen LogP contribution in [0, 0.1) is 6.92 Å². The first-order valence-electron chi connectivity index (χ1n) is 10.0. The molecular formula is C23H34N2O4. The molecule has 1 aromatic carbocycles. The maximum absolute atomic E-state index is 12.7. The zero-order chi connectivity index (χ0) is 22.0. The van der Waals surface area contributed by atoms with Gasteiger partial charge < -0.3 is 19.4 Å². The van der Waals surface area contributed by atoms with E-state index in [2.05, 4.69) is 12.2 Å². The lowest BCUT2D eigenvalue weighted by atomic mass is 10.0. The van der Waals surface area contributed by atoms with Gasteiger partial charge in [0, 0.05) is 31.2 Å². The molecule has 0 aliphatic heterocycles. The van der Waals surface area contributed by atoms with E-state index in [1.165, 1.54) is 0 Å². The molecule has 0 spiro atoms. The first-order chi connectivity index (χ1) is 13.3. The fourth-order valence-corrected chi connectivity index (χ4v) is 2.96. The average molecular weight is 403 g/mol. The Morgan fingerprint density at radius 3 is 2.45 bits per heavy atom. The molecule has 160 valence electrons. The van der Waals surface area contributed by atoms with E-state index in [-0.39, 0.29) is 17.9 Å². The number of carbonyl (C=O) groups is 1. The molecular weight excluding hydrogens is 368 g/mol. The molecule has 1 N–H and O–H groups in total. The van der Waals surface area contributed by atoms with Crippen molar-refractivity contribution >= 4 is 22.6 Å². The number of hydrogen-bond acceptors (Lipinski definition) is 5. The number of amides is 1. The Morgan fingerprint density at radius 2 is 1.86 bits per heavy atom. The minimum Gasteiger partial charge on any atom is -0.422 e. The minimum absolute atomic E-state index is 0.0276. The van der Waals surface area contributed by atoms with Crippen molar-refractivity contribution in [3.63, 3.8) is 0 Å². The molecule has 0 unspecified atom stereocenters. The summed E-state index contributed by atoms with van der Waals surface area (Å²) in [6, 6.07) is 5.73. The lowest BCUT2D eigenvalue weighted by Crippen LogP contribution is -2.49. The Balaban J connectivity index is 2.19. The number of benzene rings is 1. The number of fused-ring (bicyclic) bond motifs is 1.